The zero-order valence-electron chi connectivity index (χ0n) is 11.7. The van der Waals surface area contributed by atoms with Crippen LogP contribution in [0.2, 0.25) is 10.0 Å². The zero-order valence-corrected chi connectivity index (χ0v) is 14.1. The third-order valence-corrected chi connectivity index (χ3v) is 4.70. The Morgan fingerprint density at radius 1 is 1.36 bits per heavy atom. The Hall–Kier alpha value is -1.37. The fourth-order valence-electron chi connectivity index (χ4n) is 2.28. The molecule has 1 aromatic rings. The number of amidine groups is 1. The highest BCUT2D eigenvalue weighted by Gasteiger charge is 2.35. The number of halogens is 2. The Labute approximate surface area is 142 Å². The molecular formula is C14H13Cl2N3O2S. The van der Waals surface area contributed by atoms with E-state index in [-0.39, 0.29) is 5.91 Å². The monoisotopic (exact) mass is 357 g/mol. The largest absolute Gasteiger partial charge is 0.481 e. The van der Waals surface area contributed by atoms with Crippen LogP contribution in [0.15, 0.2) is 34.0 Å². The van der Waals surface area contributed by atoms with Crippen molar-refractivity contribution in [1.29, 1.82) is 0 Å². The van der Waals surface area contributed by atoms with Crippen LogP contribution in [0.25, 0.3) is 0 Å². The number of anilines is 1. The van der Waals surface area contributed by atoms with Crippen molar-refractivity contribution < 1.29 is 9.53 Å². The summed E-state index contributed by atoms with van der Waals surface area (Å²) in [5, 5.41) is 4.52. The van der Waals surface area contributed by atoms with Gasteiger partial charge in [-0.25, -0.2) is 0 Å². The summed E-state index contributed by atoms with van der Waals surface area (Å²) in [6.07, 6.45) is 0.940. The van der Waals surface area contributed by atoms with Gasteiger partial charge in [0.15, 0.2) is 5.17 Å². The number of aliphatic imine (C=N–C) groups is 1. The van der Waals surface area contributed by atoms with E-state index < -0.39 is 0 Å². The Bertz CT molecular complexity index is 670. The van der Waals surface area contributed by atoms with Gasteiger partial charge in [-0.15, -0.1) is 0 Å². The van der Waals surface area contributed by atoms with Crippen LogP contribution in [-0.4, -0.2) is 36.2 Å². The third-order valence-electron chi connectivity index (χ3n) is 3.17. The number of thioether (sulfide) groups is 1. The molecule has 2 aliphatic rings. The van der Waals surface area contributed by atoms with Crippen LogP contribution in [-0.2, 0) is 9.53 Å². The number of nitrogens with zero attached hydrogens (tertiary/aromatic N) is 2. The molecule has 0 unspecified atom stereocenters. The first-order chi connectivity index (χ1) is 10.6. The predicted molar refractivity (Wildman–Crippen MR) is 90.3 cm³/mol. The molecule has 1 aromatic carbocycles. The predicted octanol–water partition coefficient (Wildman–Crippen LogP) is 3.56. The van der Waals surface area contributed by atoms with E-state index >= 15 is 0 Å². The summed E-state index contributed by atoms with van der Waals surface area (Å²) in [6.45, 7) is 1.57. The molecule has 0 radical (unpaired) electrons. The topological polar surface area (TPSA) is 53.9 Å². The van der Waals surface area contributed by atoms with Crippen molar-refractivity contribution in [3.8, 4) is 0 Å². The summed E-state index contributed by atoms with van der Waals surface area (Å²) < 4.78 is 5.39. The smallest absolute Gasteiger partial charge is 0.268 e. The Kier molecular flexibility index (Phi) is 4.52. The number of amides is 1. The van der Waals surface area contributed by atoms with E-state index in [1.165, 1.54) is 11.8 Å². The Morgan fingerprint density at radius 3 is 2.77 bits per heavy atom. The van der Waals surface area contributed by atoms with Gasteiger partial charge in [0, 0.05) is 28.8 Å². The quantitative estimate of drug-likeness (QED) is 0.898. The lowest BCUT2D eigenvalue weighted by molar-refractivity contribution is -0.112. The van der Waals surface area contributed by atoms with E-state index in [0.29, 0.717) is 26.5 Å². The van der Waals surface area contributed by atoms with Gasteiger partial charge in [0.2, 0.25) is 5.88 Å². The van der Waals surface area contributed by atoms with Gasteiger partial charge < -0.3 is 10.1 Å². The molecule has 0 saturated heterocycles. The van der Waals surface area contributed by atoms with Crippen LogP contribution < -0.4 is 5.32 Å². The van der Waals surface area contributed by atoms with Crippen LogP contribution in [0, 0.1) is 0 Å². The maximum atomic E-state index is 12.5. The van der Waals surface area contributed by atoms with E-state index in [0.717, 1.165) is 24.7 Å². The number of rotatable bonds is 3. The molecule has 0 spiro atoms. The first-order valence-corrected chi connectivity index (χ1v) is 8.21. The number of hydrogen-bond acceptors (Lipinski definition) is 5. The van der Waals surface area contributed by atoms with Gasteiger partial charge in [-0.05, 0) is 36.4 Å². The van der Waals surface area contributed by atoms with Gasteiger partial charge in [0.05, 0.1) is 7.11 Å². The molecule has 1 amide bonds. The molecule has 3 rings (SSSR count). The number of ether oxygens (including phenoxy) is 1. The first kappa shape index (κ1) is 15.5. The number of nitrogens with one attached hydrogen (secondary N) is 1. The average molecular weight is 358 g/mol. The van der Waals surface area contributed by atoms with Crippen LogP contribution in [0.3, 0.4) is 0 Å². The van der Waals surface area contributed by atoms with Crippen molar-refractivity contribution in [2.45, 2.75) is 6.42 Å². The van der Waals surface area contributed by atoms with E-state index in [1.807, 2.05) is 4.90 Å². The fourth-order valence-corrected chi connectivity index (χ4v) is 3.85. The van der Waals surface area contributed by atoms with Gasteiger partial charge in [-0.1, -0.05) is 23.2 Å². The summed E-state index contributed by atoms with van der Waals surface area (Å²) in [5.41, 5.74) is 0.540. The number of carbonyl (C=O) groups is 1. The normalized spacial score (nSPS) is 17.2. The van der Waals surface area contributed by atoms with Crippen molar-refractivity contribution in [3.05, 3.63) is 39.0 Å². The minimum absolute atomic E-state index is 0.266. The van der Waals surface area contributed by atoms with E-state index in [2.05, 4.69) is 10.3 Å². The molecule has 116 valence electrons. The molecule has 2 aliphatic heterocycles. The van der Waals surface area contributed by atoms with Gasteiger partial charge in [0.1, 0.15) is 4.91 Å². The van der Waals surface area contributed by atoms with Crippen LogP contribution in [0.4, 0.5) is 5.69 Å². The summed E-state index contributed by atoms with van der Waals surface area (Å²) in [5.74, 6) is 0.270. The number of methoxy groups -OCH3 is 1. The molecule has 8 heteroatoms. The highest BCUT2D eigenvalue weighted by atomic mass is 35.5. The van der Waals surface area contributed by atoms with Gasteiger partial charge in [-0.3, -0.25) is 14.7 Å². The second-order valence-corrected chi connectivity index (χ2v) is 6.57. The summed E-state index contributed by atoms with van der Waals surface area (Å²) >= 11 is 13.2. The van der Waals surface area contributed by atoms with E-state index in [1.54, 1.807) is 25.3 Å². The van der Waals surface area contributed by atoms with Crippen molar-refractivity contribution >= 4 is 51.7 Å². The minimum Gasteiger partial charge on any atom is -0.481 e. The molecule has 5 nitrogen and oxygen atoms in total. The Morgan fingerprint density at radius 2 is 2.09 bits per heavy atom. The molecule has 0 bridgehead atoms. The number of benzene rings is 1. The van der Waals surface area contributed by atoms with E-state index in [4.69, 9.17) is 27.9 Å². The van der Waals surface area contributed by atoms with E-state index in [9.17, 15) is 4.79 Å². The SMILES string of the molecule is COC1=C(C(=O)Nc2cc(Cl)cc(Cl)c2)SC2=NCCCN21. The average Bonchev–Trinajstić information content (AvgIpc) is 2.84. The first-order valence-electron chi connectivity index (χ1n) is 6.64. The number of hydrogen-bond donors (Lipinski definition) is 1. The van der Waals surface area contributed by atoms with Crippen molar-refractivity contribution in [2.24, 2.45) is 4.99 Å². The highest BCUT2D eigenvalue weighted by molar-refractivity contribution is 8.18. The maximum absolute atomic E-state index is 12.5. The molecule has 0 atom stereocenters. The van der Waals surface area contributed by atoms with Crippen LogP contribution >= 0.6 is 35.0 Å². The zero-order chi connectivity index (χ0) is 15.7. The van der Waals surface area contributed by atoms with Crippen LogP contribution in [0.5, 0.6) is 0 Å². The summed E-state index contributed by atoms with van der Waals surface area (Å²) in [4.78, 5) is 19.3. The van der Waals surface area contributed by atoms with Gasteiger partial charge in [-0.2, -0.15) is 0 Å². The standard InChI is InChI=1S/C14H13Cl2N3O2S/c1-21-13-11(22-14-17-3-2-4-19(13)14)12(20)18-10-6-8(15)5-9(16)7-10/h5-7H,2-4H2,1H3,(H,18,20). The fraction of sp³-hybridized carbons (Fsp3) is 0.286. The lowest BCUT2D eigenvalue weighted by Gasteiger charge is -2.23. The van der Waals surface area contributed by atoms with Crippen LogP contribution in [0.1, 0.15) is 6.42 Å². The minimum atomic E-state index is -0.266. The lowest BCUT2D eigenvalue weighted by Crippen LogP contribution is -2.30. The Balaban J connectivity index is 1.84. The van der Waals surface area contributed by atoms with Crippen molar-refractivity contribution in [1.82, 2.24) is 4.90 Å². The number of fused-ring (bicyclic) bond motifs is 1. The molecule has 0 fully saturated rings. The maximum Gasteiger partial charge on any atom is 0.268 e. The molecule has 0 aliphatic carbocycles. The third kappa shape index (κ3) is 3.04. The molecular weight excluding hydrogens is 345 g/mol. The molecule has 0 saturated carbocycles. The van der Waals surface area contributed by atoms with Gasteiger partial charge in [0.25, 0.3) is 5.91 Å². The highest BCUT2D eigenvalue weighted by Crippen LogP contribution is 2.37. The second kappa shape index (κ2) is 6.40. The molecule has 2 heterocycles. The molecule has 22 heavy (non-hydrogen) atoms. The van der Waals surface area contributed by atoms with Gasteiger partial charge >= 0.3 is 0 Å². The molecule has 0 aromatic heterocycles. The lowest BCUT2D eigenvalue weighted by atomic mass is 10.3. The second-order valence-electron chi connectivity index (χ2n) is 4.72. The van der Waals surface area contributed by atoms with Crippen molar-refractivity contribution in [3.63, 3.8) is 0 Å². The van der Waals surface area contributed by atoms with Crippen molar-refractivity contribution in [2.75, 3.05) is 25.5 Å². The number of carbonyl (C=O) groups excluding carboxylic acids is 1. The summed E-state index contributed by atoms with van der Waals surface area (Å²) in [7, 11) is 1.55. The summed E-state index contributed by atoms with van der Waals surface area (Å²) in [6, 6.07) is 4.89. The molecule has 1 N–H and O–H groups in total.